The van der Waals surface area contributed by atoms with Crippen LogP contribution in [0.3, 0.4) is 0 Å². The van der Waals surface area contributed by atoms with Crippen LogP contribution in [0, 0.1) is 5.92 Å². The highest BCUT2D eigenvalue weighted by molar-refractivity contribution is 5.00. The van der Waals surface area contributed by atoms with E-state index in [0.717, 1.165) is 18.2 Å². The third kappa shape index (κ3) is 3.56. The Hall–Kier alpha value is -0.830. The zero-order valence-electron chi connectivity index (χ0n) is 11.3. The van der Waals surface area contributed by atoms with Gasteiger partial charge in [-0.15, -0.1) is 0 Å². The Kier molecular flexibility index (Phi) is 4.21. The van der Waals surface area contributed by atoms with Gasteiger partial charge in [0, 0.05) is 18.8 Å². The van der Waals surface area contributed by atoms with Crippen LogP contribution in [0.5, 0.6) is 0 Å². The molecule has 0 bridgehead atoms. The molecule has 0 aliphatic heterocycles. The molecule has 0 amide bonds. The minimum atomic E-state index is 0.523. The Labute approximate surface area is 105 Å². The first-order chi connectivity index (χ1) is 8.15. The third-order valence-corrected chi connectivity index (χ3v) is 3.64. The number of rotatable bonds is 4. The van der Waals surface area contributed by atoms with Crippen LogP contribution in [0.2, 0.25) is 0 Å². The van der Waals surface area contributed by atoms with Gasteiger partial charge < -0.3 is 5.32 Å². The molecule has 3 heteroatoms. The Morgan fingerprint density at radius 1 is 1.47 bits per heavy atom. The van der Waals surface area contributed by atoms with Crippen LogP contribution in [-0.4, -0.2) is 15.8 Å². The molecule has 0 radical (unpaired) electrons. The van der Waals surface area contributed by atoms with Crippen molar-refractivity contribution >= 4 is 0 Å². The Bertz CT molecular complexity index is 343. The number of nitrogens with zero attached hydrogens (tertiary/aromatic N) is 2. The van der Waals surface area contributed by atoms with E-state index < -0.39 is 0 Å². The maximum absolute atomic E-state index is 4.69. The second-order valence-electron chi connectivity index (χ2n) is 5.75. The lowest BCUT2D eigenvalue weighted by Crippen LogP contribution is -2.22. The normalized spacial score (nSPS) is 25.4. The predicted molar refractivity (Wildman–Crippen MR) is 70.9 cm³/mol. The predicted octanol–water partition coefficient (Wildman–Crippen LogP) is 3.13. The maximum Gasteiger partial charge on any atom is 0.0762 e. The zero-order chi connectivity index (χ0) is 12.3. The second kappa shape index (κ2) is 5.67. The summed E-state index contributed by atoms with van der Waals surface area (Å²) < 4.78 is 2.19. The summed E-state index contributed by atoms with van der Waals surface area (Å²) in [5, 5.41) is 8.11. The first kappa shape index (κ1) is 12.6. The van der Waals surface area contributed by atoms with Gasteiger partial charge in [0.1, 0.15) is 0 Å². The van der Waals surface area contributed by atoms with E-state index in [2.05, 4.69) is 43.0 Å². The molecular weight excluding hydrogens is 210 g/mol. The number of hydrogen-bond donors (Lipinski definition) is 1. The molecule has 2 atom stereocenters. The van der Waals surface area contributed by atoms with Crippen molar-refractivity contribution in [3.63, 3.8) is 0 Å². The SMILES string of the molecule is CC1CCCC(n2ccc(CNC(C)C)n2)C1. The lowest BCUT2D eigenvalue weighted by atomic mass is 9.87. The molecule has 1 N–H and O–H groups in total. The van der Waals surface area contributed by atoms with Crippen molar-refractivity contribution in [2.45, 2.75) is 65.1 Å². The fourth-order valence-corrected chi connectivity index (χ4v) is 2.63. The van der Waals surface area contributed by atoms with E-state index in [1.807, 2.05) is 0 Å². The highest BCUT2D eigenvalue weighted by Gasteiger charge is 2.20. The molecule has 0 aromatic carbocycles. The number of aromatic nitrogens is 2. The van der Waals surface area contributed by atoms with Crippen LogP contribution in [0.15, 0.2) is 12.3 Å². The standard InChI is InChI=1S/C14H25N3/c1-11(2)15-10-13-7-8-17(16-13)14-6-4-5-12(3)9-14/h7-8,11-12,14-15H,4-6,9-10H2,1-3H3. The average Bonchev–Trinajstić information content (AvgIpc) is 2.75. The van der Waals surface area contributed by atoms with Gasteiger partial charge in [-0.2, -0.15) is 5.10 Å². The van der Waals surface area contributed by atoms with Gasteiger partial charge in [0.05, 0.1) is 11.7 Å². The first-order valence-corrected chi connectivity index (χ1v) is 6.92. The van der Waals surface area contributed by atoms with Gasteiger partial charge in [-0.3, -0.25) is 4.68 Å². The van der Waals surface area contributed by atoms with Crippen molar-refractivity contribution in [3.8, 4) is 0 Å². The Morgan fingerprint density at radius 3 is 3.00 bits per heavy atom. The van der Waals surface area contributed by atoms with Gasteiger partial charge in [-0.05, 0) is 24.8 Å². The molecule has 3 nitrogen and oxygen atoms in total. The summed E-state index contributed by atoms with van der Waals surface area (Å²) in [6, 6.07) is 3.30. The van der Waals surface area contributed by atoms with Crippen molar-refractivity contribution in [2.75, 3.05) is 0 Å². The molecule has 1 fully saturated rings. The van der Waals surface area contributed by atoms with E-state index in [4.69, 9.17) is 5.10 Å². The molecular formula is C14H25N3. The van der Waals surface area contributed by atoms with Crippen molar-refractivity contribution in [1.29, 1.82) is 0 Å². The molecule has 0 spiro atoms. The average molecular weight is 235 g/mol. The van der Waals surface area contributed by atoms with Crippen molar-refractivity contribution in [2.24, 2.45) is 5.92 Å². The van der Waals surface area contributed by atoms with E-state index in [9.17, 15) is 0 Å². The monoisotopic (exact) mass is 235 g/mol. The second-order valence-corrected chi connectivity index (χ2v) is 5.75. The highest BCUT2D eigenvalue weighted by Crippen LogP contribution is 2.31. The van der Waals surface area contributed by atoms with E-state index >= 15 is 0 Å². The van der Waals surface area contributed by atoms with Crippen molar-refractivity contribution < 1.29 is 0 Å². The molecule has 1 aliphatic carbocycles. The minimum absolute atomic E-state index is 0.523. The third-order valence-electron chi connectivity index (χ3n) is 3.64. The van der Waals surface area contributed by atoms with Crippen LogP contribution in [0.4, 0.5) is 0 Å². The first-order valence-electron chi connectivity index (χ1n) is 6.92. The molecule has 17 heavy (non-hydrogen) atoms. The topological polar surface area (TPSA) is 29.9 Å². The van der Waals surface area contributed by atoms with Crippen LogP contribution >= 0.6 is 0 Å². The van der Waals surface area contributed by atoms with Gasteiger partial charge in [0.2, 0.25) is 0 Å². The zero-order valence-corrected chi connectivity index (χ0v) is 11.3. The maximum atomic E-state index is 4.69. The van der Waals surface area contributed by atoms with E-state index in [0.29, 0.717) is 12.1 Å². The smallest absolute Gasteiger partial charge is 0.0762 e. The molecule has 0 saturated heterocycles. The number of hydrogen-bond acceptors (Lipinski definition) is 2. The molecule has 96 valence electrons. The van der Waals surface area contributed by atoms with Crippen LogP contribution < -0.4 is 5.32 Å². The van der Waals surface area contributed by atoms with Crippen LogP contribution in [0.25, 0.3) is 0 Å². The summed E-state index contributed by atoms with van der Waals surface area (Å²) in [5.74, 6) is 0.857. The summed E-state index contributed by atoms with van der Waals surface area (Å²) in [7, 11) is 0. The van der Waals surface area contributed by atoms with Gasteiger partial charge in [-0.1, -0.05) is 33.6 Å². The Morgan fingerprint density at radius 2 is 2.29 bits per heavy atom. The molecule has 2 rings (SSSR count). The van der Waals surface area contributed by atoms with Gasteiger partial charge in [-0.25, -0.2) is 0 Å². The van der Waals surface area contributed by atoms with Crippen LogP contribution in [0.1, 0.15) is 58.2 Å². The molecule has 2 unspecified atom stereocenters. The molecule has 1 heterocycles. The summed E-state index contributed by atoms with van der Waals surface area (Å²) in [6.45, 7) is 7.57. The van der Waals surface area contributed by atoms with Gasteiger partial charge >= 0.3 is 0 Å². The van der Waals surface area contributed by atoms with Gasteiger partial charge in [0.15, 0.2) is 0 Å². The largest absolute Gasteiger partial charge is 0.309 e. The summed E-state index contributed by atoms with van der Waals surface area (Å²) in [5.41, 5.74) is 1.16. The minimum Gasteiger partial charge on any atom is -0.309 e. The quantitative estimate of drug-likeness (QED) is 0.869. The van der Waals surface area contributed by atoms with Crippen LogP contribution in [-0.2, 0) is 6.54 Å². The van der Waals surface area contributed by atoms with E-state index in [1.165, 1.54) is 25.7 Å². The molecule has 1 aromatic heterocycles. The lowest BCUT2D eigenvalue weighted by molar-refractivity contribution is 0.265. The van der Waals surface area contributed by atoms with Crippen molar-refractivity contribution in [1.82, 2.24) is 15.1 Å². The molecule has 1 aliphatic rings. The molecule has 1 saturated carbocycles. The fraction of sp³-hybridized carbons (Fsp3) is 0.786. The molecule has 1 aromatic rings. The van der Waals surface area contributed by atoms with Crippen molar-refractivity contribution in [3.05, 3.63) is 18.0 Å². The summed E-state index contributed by atoms with van der Waals surface area (Å²) in [6.07, 6.45) is 7.48. The Balaban J connectivity index is 1.92. The summed E-state index contributed by atoms with van der Waals surface area (Å²) in [4.78, 5) is 0. The summed E-state index contributed by atoms with van der Waals surface area (Å²) >= 11 is 0. The van der Waals surface area contributed by atoms with Gasteiger partial charge in [0.25, 0.3) is 0 Å². The lowest BCUT2D eigenvalue weighted by Gasteiger charge is -2.26. The highest BCUT2D eigenvalue weighted by atomic mass is 15.3. The number of nitrogens with one attached hydrogen (secondary N) is 1. The fourth-order valence-electron chi connectivity index (χ4n) is 2.63. The van der Waals surface area contributed by atoms with E-state index in [-0.39, 0.29) is 0 Å². The van der Waals surface area contributed by atoms with E-state index in [1.54, 1.807) is 0 Å².